The molecule has 0 aliphatic carbocycles. The average molecular weight is 272 g/mol. The third-order valence-corrected chi connectivity index (χ3v) is 4.10. The first kappa shape index (κ1) is 13.2. The molecule has 1 amide bonds. The van der Waals surface area contributed by atoms with Crippen molar-refractivity contribution in [3.8, 4) is 0 Å². The number of H-pyrrole nitrogens is 1. The van der Waals surface area contributed by atoms with Gasteiger partial charge in [-0.1, -0.05) is 12.1 Å². The van der Waals surface area contributed by atoms with Gasteiger partial charge < -0.3 is 15.0 Å². The van der Waals surface area contributed by atoms with Crippen molar-refractivity contribution in [2.45, 2.75) is 19.3 Å². The van der Waals surface area contributed by atoms with E-state index in [1.54, 1.807) is 0 Å². The number of carbonyl (C=O) groups excluding carboxylic acids is 1. The lowest BCUT2D eigenvalue weighted by Crippen LogP contribution is -2.41. The summed E-state index contributed by atoms with van der Waals surface area (Å²) in [6.07, 6.45) is 4.36. The number of aromatic amines is 1. The molecule has 4 nitrogen and oxygen atoms in total. The van der Waals surface area contributed by atoms with Gasteiger partial charge in [-0.05, 0) is 41.8 Å². The molecule has 106 valence electrons. The molecule has 20 heavy (non-hydrogen) atoms. The first-order valence-electron chi connectivity index (χ1n) is 7.21. The topological polar surface area (TPSA) is 56.3 Å². The van der Waals surface area contributed by atoms with Gasteiger partial charge in [0, 0.05) is 31.4 Å². The highest BCUT2D eigenvalue weighted by Crippen LogP contribution is 2.18. The Bertz CT molecular complexity index is 605. The summed E-state index contributed by atoms with van der Waals surface area (Å²) in [7, 11) is 0. The molecule has 0 bridgehead atoms. The molecule has 1 aliphatic rings. The molecule has 2 aromatic rings. The van der Waals surface area contributed by atoms with Gasteiger partial charge in [0.15, 0.2) is 0 Å². The van der Waals surface area contributed by atoms with E-state index >= 15 is 0 Å². The molecule has 0 spiro atoms. The predicted octanol–water partition coefficient (Wildman–Crippen LogP) is 1.94. The van der Waals surface area contributed by atoms with Crippen LogP contribution >= 0.6 is 0 Å². The van der Waals surface area contributed by atoms with Gasteiger partial charge in [-0.15, -0.1) is 0 Å². The number of hydrogen-bond donors (Lipinski definition) is 2. The molecular weight excluding hydrogens is 252 g/mol. The van der Waals surface area contributed by atoms with Gasteiger partial charge in [0.25, 0.3) is 0 Å². The van der Waals surface area contributed by atoms with Crippen LogP contribution in [0.15, 0.2) is 30.5 Å². The largest absolute Gasteiger partial charge is 0.396 e. The van der Waals surface area contributed by atoms with Crippen molar-refractivity contribution >= 4 is 16.8 Å². The minimum absolute atomic E-state index is 0.161. The summed E-state index contributed by atoms with van der Waals surface area (Å²) in [6, 6.07) is 8.13. The Morgan fingerprint density at radius 3 is 3.15 bits per heavy atom. The fraction of sp³-hybridized carbons (Fsp3) is 0.438. The molecule has 4 heteroatoms. The highest BCUT2D eigenvalue weighted by Gasteiger charge is 2.23. The third-order valence-electron chi connectivity index (χ3n) is 4.10. The molecule has 1 unspecified atom stereocenters. The Hall–Kier alpha value is -1.81. The molecule has 1 fully saturated rings. The standard InChI is InChI=1S/C16H20N2O2/c19-11-13-2-1-7-18(10-13)16(20)9-12-3-4-14-5-6-17-15(14)8-12/h3-6,8,13,17,19H,1-2,7,9-11H2. The van der Waals surface area contributed by atoms with E-state index in [9.17, 15) is 9.90 Å². The number of aliphatic hydroxyl groups is 1. The highest BCUT2D eigenvalue weighted by atomic mass is 16.3. The SMILES string of the molecule is O=C(Cc1ccc2cc[nH]c2c1)N1CCCC(CO)C1. The lowest BCUT2D eigenvalue weighted by atomic mass is 9.98. The minimum Gasteiger partial charge on any atom is -0.396 e. The molecule has 2 N–H and O–H groups in total. The van der Waals surface area contributed by atoms with E-state index in [0.717, 1.165) is 30.5 Å². The van der Waals surface area contributed by atoms with Crippen molar-refractivity contribution < 1.29 is 9.90 Å². The Balaban J connectivity index is 1.68. The summed E-state index contributed by atoms with van der Waals surface area (Å²) >= 11 is 0. The van der Waals surface area contributed by atoms with Gasteiger partial charge in [-0.25, -0.2) is 0 Å². The molecule has 1 atom stereocenters. The number of aromatic nitrogens is 1. The molecule has 1 aromatic carbocycles. The predicted molar refractivity (Wildman–Crippen MR) is 78.4 cm³/mol. The number of rotatable bonds is 3. The van der Waals surface area contributed by atoms with Gasteiger partial charge in [-0.3, -0.25) is 4.79 Å². The second-order valence-corrected chi connectivity index (χ2v) is 5.61. The molecule has 0 radical (unpaired) electrons. The number of benzene rings is 1. The van der Waals surface area contributed by atoms with Gasteiger partial charge in [0.05, 0.1) is 6.42 Å². The maximum absolute atomic E-state index is 12.3. The van der Waals surface area contributed by atoms with Crippen LogP contribution in [0.1, 0.15) is 18.4 Å². The van der Waals surface area contributed by atoms with Crippen molar-refractivity contribution in [3.63, 3.8) is 0 Å². The van der Waals surface area contributed by atoms with Gasteiger partial charge in [0.2, 0.25) is 5.91 Å². The van der Waals surface area contributed by atoms with Crippen molar-refractivity contribution in [1.29, 1.82) is 0 Å². The third kappa shape index (κ3) is 2.70. The zero-order chi connectivity index (χ0) is 13.9. The van der Waals surface area contributed by atoms with E-state index in [2.05, 4.69) is 4.98 Å². The minimum atomic E-state index is 0.161. The monoisotopic (exact) mass is 272 g/mol. The van der Waals surface area contributed by atoms with E-state index in [0.29, 0.717) is 13.0 Å². The van der Waals surface area contributed by atoms with Crippen LogP contribution in [0.2, 0.25) is 0 Å². The Morgan fingerprint density at radius 2 is 2.30 bits per heavy atom. The first-order valence-corrected chi connectivity index (χ1v) is 7.21. The molecule has 2 heterocycles. The average Bonchev–Trinajstić information content (AvgIpc) is 2.95. The lowest BCUT2D eigenvalue weighted by molar-refractivity contribution is -0.132. The van der Waals surface area contributed by atoms with Crippen molar-refractivity contribution in [2.75, 3.05) is 19.7 Å². The molecule has 1 aromatic heterocycles. The van der Waals surface area contributed by atoms with E-state index in [1.165, 1.54) is 5.39 Å². The van der Waals surface area contributed by atoms with Crippen molar-refractivity contribution in [3.05, 3.63) is 36.0 Å². The van der Waals surface area contributed by atoms with Crippen LogP contribution in [0, 0.1) is 5.92 Å². The first-order chi connectivity index (χ1) is 9.76. The smallest absolute Gasteiger partial charge is 0.227 e. The molecule has 0 saturated carbocycles. The second-order valence-electron chi connectivity index (χ2n) is 5.61. The maximum Gasteiger partial charge on any atom is 0.227 e. The lowest BCUT2D eigenvalue weighted by Gasteiger charge is -2.32. The van der Waals surface area contributed by atoms with E-state index < -0.39 is 0 Å². The number of amides is 1. The fourth-order valence-corrected chi connectivity index (χ4v) is 2.93. The van der Waals surface area contributed by atoms with Gasteiger partial charge in [0.1, 0.15) is 0 Å². The van der Waals surface area contributed by atoms with Crippen LogP contribution in [0.25, 0.3) is 10.9 Å². The number of hydrogen-bond acceptors (Lipinski definition) is 2. The quantitative estimate of drug-likeness (QED) is 0.897. The summed E-state index contributed by atoms with van der Waals surface area (Å²) in [4.78, 5) is 17.4. The van der Waals surface area contributed by atoms with E-state index in [-0.39, 0.29) is 18.4 Å². The second kappa shape index (κ2) is 5.67. The van der Waals surface area contributed by atoms with Crippen LogP contribution in [0.5, 0.6) is 0 Å². The summed E-state index contributed by atoms with van der Waals surface area (Å²) in [6.45, 7) is 1.69. The normalized spacial score (nSPS) is 19.4. The fourth-order valence-electron chi connectivity index (χ4n) is 2.93. The Kier molecular flexibility index (Phi) is 3.74. The van der Waals surface area contributed by atoms with Crippen LogP contribution < -0.4 is 0 Å². The summed E-state index contributed by atoms with van der Waals surface area (Å²) in [5.41, 5.74) is 2.11. The number of aliphatic hydroxyl groups excluding tert-OH is 1. The maximum atomic E-state index is 12.3. The van der Waals surface area contributed by atoms with Crippen LogP contribution in [-0.4, -0.2) is 40.6 Å². The van der Waals surface area contributed by atoms with E-state index in [1.807, 2.05) is 35.4 Å². The van der Waals surface area contributed by atoms with Crippen molar-refractivity contribution in [1.82, 2.24) is 9.88 Å². The molecule has 1 saturated heterocycles. The zero-order valence-corrected chi connectivity index (χ0v) is 11.5. The van der Waals surface area contributed by atoms with Gasteiger partial charge >= 0.3 is 0 Å². The molecular formula is C16H20N2O2. The number of fused-ring (bicyclic) bond motifs is 1. The number of carbonyl (C=O) groups is 1. The van der Waals surface area contributed by atoms with Crippen LogP contribution in [0.4, 0.5) is 0 Å². The van der Waals surface area contributed by atoms with Crippen molar-refractivity contribution in [2.24, 2.45) is 5.92 Å². The Morgan fingerprint density at radius 1 is 1.40 bits per heavy atom. The number of piperidine rings is 1. The Labute approximate surface area is 118 Å². The molecule has 1 aliphatic heterocycles. The van der Waals surface area contributed by atoms with Crippen LogP contribution in [-0.2, 0) is 11.2 Å². The van der Waals surface area contributed by atoms with E-state index in [4.69, 9.17) is 0 Å². The summed E-state index contributed by atoms with van der Waals surface area (Å²) in [5.74, 6) is 0.410. The molecule has 3 rings (SSSR count). The number of nitrogens with zero attached hydrogens (tertiary/aromatic N) is 1. The van der Waals surface area contributed by atoms with Crippen LogP contribution in [0.3, 0.4) is 0 Å². The number of nitrogens with one attached hydrogen (secondary N) is 1. The summed E-state index contributed by atoms with van der Waals surface area (Å²) in [5, 5.41) is 10.4. The van der Waals surface area contributed by atoms with Gasteiger partial charge in [-0.2, -0.15) is 0 Å². The number of likely N-dealkylation sites (tertiary alicyclic amines) is 1. The highest BCUT2D eigenvalue weighted by molar-refractivity contribution is 5.83. The summed E-state index contributed by atoms with van der Waals surface area (Å²) < 4.78 is 0. The zero-order valence-electron chi connectivity index (χ0n) is 11.5.